The third-order valence-electron chi connectivity index (χ3n) is 4.80. The lowest BCUT2D eigenvalue weighted by Gasteiger charge is -2.34. The highest BCUT2D eigenvalue weighted by atomic mass is 35.5. The van der Waals surface area contributed by atoms with Gasteiger partial charge in [0.2, 0.25) is 0 Å². The molecule has 1 atom stereocenters. The van der Waals surface area contributed by atoms with Gasteiger partial charge in [-0.1, -0.05) is 65.7 Å². The molecule has 0 aromatic heterocycles. The molecule has 0 spiro atoms. The van der Waals surface area contributed by atoms with Crippen LogP contribution in [0.3, 0.4) is 0 Å². The van der Waals surface area contributed by atoms with E-state index in [9.17, 15) is 13.2 Å². The highest BCUT2D eigenvalue weighted by Crippen LogP contribution is 2.38. The molecule has 160 valence electrons. The quantitative estimate of drug-likeness (QED) is 0.596. The first-order chi connectivity index (χ1) is 14.9. The second-order valence-electron chi connectivity index (χ2n) is 6.89. The molecule has 0 bridgehead atoms. The van der Waals surface area contributed by atoms with Gasteiger partial charge in [-0.05, 0) is 35.9 Å². The Hall–Kier alpha value is -2.74. The number of carbonyl (C=O) groups excluding carboxylic acids is 1. The van der Waals surface area contributed by atoms with Crippen LogP contribution in [0.25, 0.3) is 0 Å². The first kappa shape index (κ1) is 21.5. The molecule has 1 heterocycles. The number of ether oxygens (including phenoxy) is 1. The van der Waals surface area contributed by atoms with Gasteiger partial charge in [-0.15, -0.1) is 0 Å². The maximum Gasteiger partial charge on any atom is 0.266 e. The van der Waals surface area contributed by atoms with Gasteiger partial charge in [-0.25, -0.2) is 8.42 Å². The van der Waals surface area contributed by atoms with E-state index in [2.05, 4.69) is 5.32 Å². The van der Waals surface area contributed by atoms with Crippen LogP contribution in [0.1, 0.15) is 5.56 Å². The number of anilines is 1. The van der Waals surface area contributed by atoms with E-state index in [1.54, 1.807) is 24.3 Å². The number of benzene rings is 3. The number of hydrogen-bond acceptors (Lipinski definition) is 4. The van der Waals surface area contributed by atoms with Crippen molar-refractivity contribution < 1.29 is 17.9 Å². The molecule has 0 radical (unpaired) electrons. The van der Waals surface area contributed by atoms with Gasteiger partial charge in [0.15, 0.2) is 6.10 Å². The Labute approximate surface area is 190 Å². The van der Waals surface area contributed by atoms with Crippen LogP contribution in [0.15, 0.2) is 77.7 Å². The third-order valence-corrected chi connectivity index (χ3v) is 7.29. The monoisotopic (exact) mass is 476 g/mol. The number of nitrogens with one attached hydrogen (secondary N) is 1. The number of sulfonamides is 1. The minimum atomic E-state index is -4.11. The van der Waals surface area contributed by atoms with Crippen molar-refractivity contribution in [2.45, 2.75) is 17.5 Å². The number of fused-ring (bicyclic) bond motifs is 1. The Bertz CT molecular complexity index is 1220. The maximum atomic E-state index is 13.5. The van der Waals surface area contributed by atoms with Crippen LogP contribution in [0.2, 0.25) is 10.0 Å². The van der Waals surface area contributed by atoms with Crippen molar-refractivity contribution in [3.63, 3.8) is 0 Å². The minimum absolute atomic E-state index is 0.0402. The molecule has 4 rings (SSSR count). The fourth-order valence-electron chi connectivity index (χ4n) is 3.26. The normalized spacial score (nSPS) is 15.7. The molecular formula is C22H18Cl2N2O4S. The number of carbonyl (C=O) groups is 1. The fraction of sp³-hybridized carbons (Fsp3) is 0.136. The molecule has 9 heteroatoms. The number of hydrogen-bond donors (Lipinski definition) is 1. The summed E-state index contributed by atoms with van der Waals surface area (Å²) in [5.74, 6) is -0.133. The summed E-state index contributed by atoms with van der Waals surface area (Å²) in [5.41, 5.74) is 1.24. The largest absolute Gasteiger partial charge is 0.476 e. The molecule has 0 aliphatic carbocycles. The SMILES string of the molecule is O=C(NCc1ccccc1)[C@H]1CN(S(=O)(=O)c2cc(Cl)ccc2Cl)c2ccccc2O1. The number of rotatable bonds is 5. The van der Waals surface area contributed by atoms with Crippen molar-refractivity contribution >= 4 is 44.8 Å². The van der Waals surface area contributed by atoms with Gasteiger partial charge in [-0.2, -0.15) is 0 Å². The zero-order valence-corrected chi connectivity index (χ0v) is 18.5. The smallest absolute Gasteiger partial charge is 0.266 e. The second kappa shape index (κ2) is 8.78. The van der Waals surface area contributed by atoms with E-state index < -0.39 is 22.0 Å². The van der Waals surface area contributed by atoms with E-state index in [4.69, 9.17) is 27.9 Å². The summed E-state index contributed by atoms with van der Waals surface area (Å²) in [6.45, 7) is 0.0941. The van der Waals surface area contributed by atoms with E-state index in [1.807, 2.05) is 30.3 Å². The molecular weight excluding hydrogens is 459 g/mol. The van der Waals surface area contributed by atoms with Crippen LogP contribution >= 0.6 is 23.2 Å². The van der Waals surface area contributed by atoms with Crippen LogP contribution < -0.4 is 14.4 Å². The van der Waals surface area contributed by atoms with E-state index in [0.29, 0.717) is 12.2 Å². The van der Waals surface area contributed by atoms with Gasteiger partial charge in [0.1, 0.15) is 10.6 Å². The number of para-hydroxylation sites is 2. The van der Waals surface area contributed by atoms with Crippen LogP contribution in [-0.2, 0) is 21.4 Å². The van der Waals surface area contributed by atoms with E-state index in [-0.39, 0.29) is 27.2 Å². The summed E-state index contributed by atoms with van der Waals surface area (Å²) in [6.07, 6.45) is -1.04. The Balaban J connectivity index is 1.64. The van der Waals surface area contributed by atoms with Crippen molar-refractivity contribution in [1.82, 2.24) is 5.32 Å². The van der Waals surface area contributed by atoms with Crippen molar-refractivity contribution in [3.05, 3.63) is 88.4 Å². The molecule has 0 fully saturated rings. The van der Waals surface area contributed by atoms with Gasteiger partial charge >= 0.3 is 0 Å². The van der Waals surface area contributed by atoms with Gasteiger partial charge in [0.25, 0.3) is 15.9 Å². The average Bonchev–Trinajstić information content (AvgIpc) is 2.78. The molecule has 1 amide bonds. The molecule has 3 aromatic carbocycles. The Morgan fingerprint density at radius 3 is 2.52 bits per heavy atom. The van der Waals surface area contributed by atoms with Gasteiger partial charge in [-0.3, -0.25) is 9.10 Å². The minimum Gasteiger partial charge on any atom is -0.476 e. The lowest BCUT2D eigenvalue weighted by Crippen LogP contribution is -2.50. The van der Waals surface area contributed by atoms with E-state index in [1.165, 1.54) is 18.2 Å². The van der Waals surface area contributed by atoms with Crippen LogP contribution in [0, 0.1) is 0 Å². The van der Waals surface area contributed by atoms with Crippen LogP contribution in [-0.4, -0.2) is 27.0 Å². The summed E-state index contributed by atoms with van der Waals surface area (Å²) >= 11 is 12.2. The predicted molar refractivity (Wildman–Crippen MR) is 120 cm³/mol. The summed E-state index contributed by atoms with van der Waals surface area (Å²) in [5, 5.41) is 3.08. The van der Waals surface area contributed by atoms with Crippen LogP contribution in [0.5, 0.6) is 5.75 Å². The lowest BCUT2D eigenvalue weighted by atomic mass is 10.2. The standard InChI is InChI=1S/C22H18Cl2N2O4S/c23-16-10-11-17(24)21(12-16)31(28,29)26-14-20(30-19-9-5-4-8-18(19)26)22(27)25-13-15-6-2-1-3-7-15/h1-12,20H,13-14H2,(H,25,27)/t20-/m1/s1. The molecule has 1 aliphatic heterocycles. The van der Waals surface area contributed by atoms with Crippen molar-refractivity contribution in [3.8, 4) is 5.75 Å². The zero-order chi connectivity index (χ0) is 22.0. The molecule has 6 nitrogen and oxygen atoms in total. The number of nitrogens with zero attached hydrogens (tertiary/aromatic N) is 1. The van der Waals surface area contributed by atoms with Gasteiger partial charge in [0, 0.05) is 11.6 Å². The van der Waals surface area contributed by atoms with Gasteiger partial charge < -0.3 is 10.1 Å². The van der Waals surface area contributed by atoms with Gasteiger partial charge in [0.05, 0.1) is 17.3 Å². The molecule has 1 aliphatic rings. The maximum absolute atomic E-state index is 13.5. The van der Waals surface area contributed by atoms with E-state index >= 15 is 0 Å². The summed E-state index contributed by atoms with van der Waals surface area (Å²) in [7, 11) is -4.11. The molecule has 0 saturated heterocycles. The van der Waals surface area contributed by atoms with Crippen LogP contribution in [0.4, 0.5) is 5.69 Å². The zero-order valence-electron chi connectivity index (χ0n) is 16.2. The fourth-order valence-corrected chi connectivity index (χ4v) is 5.47. The second-order valence-corrected chi connectivity index (χ2v) is 9.56. The first-order valence-corrected chi connectivity index (χ1v) is 11.6. The summed E-state index contributed by atoms with van der Waals surface area (Å²) in [6, 6.07) is 20.3. The molecule has 0 saturated carbocycles. The molecule has 3 aromatic rings. The highest BCUT2D eigenvalue weighted by Gasteiger charge is 2.38. The summed E-state index contributed by atoms with van der Waals surface area (Å²) in [4.78, 5) is 12.7. The van der Waals surface area contributed by atoms with Crippen molar-refractivity contribution in [1.29, 1.82) is 0 Å². The van der Waals surface area contributed by atoms with Crippen molar-refractivity contribution in [2.24, 2.45) is 0 Å². The Kier molecular flexibility index (Phi) is 6.09. The first-order valence-electron chi connectivity index (χ1n) is 9.41. The average molecular weight is 477 g/mol. The highest BCUT2D eigenvalue weighted by molar-refractivity contribution is 7.93. The number of amides is 1. The lowest BCUT2D eigenvalue weighted by molar-refractivity contribution is -0.127. The van der Waals surface area contributed by atoms with Crippen molar-refractivity contribution in [2.75, 3.05) is 10.8 Å². The Morgan fingerprint density at radius 1 is 1.03 bits per heavy atom. The van der Waals surface area contributed by atoms with E-state index in [0.717, 1.165) is 9.87 Å². The third kappa shape index (κ3) is 4.49. The Morgan fingerprint density at radius 2 is 1.74 bits per heavy atom. The predicted octanol–water partition coefficient (Wildman–Crippen LogP) is 4.27. The summed E-state index contributed by atoms with van der Waals surface area (Å²) < 4.78 is 33.9. The molecule has 31 heavy (non-hydrogen) atoms. The topological polar surface area (TPSA) is 75.7 Å². The molecule has 1 N–H and O–H groups in total. The number of halogens is 2. The molecule has 0 unspecified atom stereocenters.